The first-order valence-electron chi connectivity index (χ1n) is 6.07. The number of ether oxygens (including phenoxy) is 1. The van der Waals surface area contributed by atoms with Gasteiger partial charge in [-0.05, 0) is 10.8 Å². The highest BCUT2D eigenvalue weighted by molar-refractivity contribution is 7.13. The van der Waals surface area contributed by atoms with Crippen LogP contribution in [-0.2, 0) is 16.0 Å². The van der Waals surface area contributed by atoms with E-state index in [1.54, 1.807) is 11.3 Å². The van der Waals surface area contributed by atoms with Crippen LogP contribution in [0.25, 0.3) is 0 Å². The number of esters is 1. The second-order valence-corrected chi connectivity index (χ2v) is 6.78. The predicted molar refractivity (Wildman–Crippen MR) is 72.8 cm³/mol. The van der Waals surface area contributed by atoms with Crippen LogP contribution in [0, 0.1) is 10.8 Å². The maximum absolute atomic E-state index is 11.2. The summed E-state index contributed by atoms with van der Waals surface area (Å²) in [6.07, 6.45) is 0.242. The van der Waals surface area contributed by atoms with Gasteiger partial charge in [0.2, 0.25) is 0 Å². The molecule has 0 radical (unpaired) electrons. The molecule has 0 saturated heterocycles. The Hall–Kier alpha value is -1.10. The van der Waals surface area contributed by atoms with Crippen LogP contribution in [0.4, 0.5) is 5.13 Å². The first-order chi connectivity index (χ1) is 8.29. The molecule has 0 spiro atoms. The van der Waals surface area contributed by atoms with Gasteiger partial charge in [-0.3, -0.25) is 4.79 Å². The molecule has 1 aliphatic carbocycles. The number of nitrogens with zero attached hydrogens (tertiary/aromatic N) is 1. The van der Waals surface area contributed by atoms with Crippen LogP contribution in [0.5, 0.6) is 0 Å². The van der Waals surface area contributed by atoms with Gasteiger partial charge in [-0.2, -0.15) is 0 Å². The second kappa shape index (κ2) is 4.23. The molecule has 5 heteroatoms. The third-order valence-corrected chi connectivity index (χ3v) is 5.22. The van der Waals surface area contributed by atoms with Crippen LogP contribution in [0.3, 0.4) is 0 Å². The number of hydrogen-bond acceptors (Lipinski definition) is 5. The summed E-state index contributed by atoms with van der Waals surface area (Å²) in [5, 5.41) is 6.25. The molecule has 0 unspecified atom stereocenters. The van der Waals surface area contributed by atoms with E-state index in [1.165, 1.54) is 7.11 Å². The van der Waals surface area contributed by atoms with Crippen molar-refractivity contribution >= 4 is 22.4 Å². The van der Waals surface area contributed by atoms with Crippen molar-refractivity contribution in [1.82, 2.24) is 4.98 Å². The van der Waals surface area contributed by atoms with E-state index >= 15 is 0 Å². The molecule has 0 atom stereocenters. The minimum atomic E-state index is -0.251. The maximum Gasteiger partial charge on any atom is 0.311 e. The fourth-order valence-electron chi connectivity index (χ4n) is 2.36. The summed E-state index contributed by atoms with van der Waals surface area (Å²) in [5.41, 5.74) is 1.33. The molecule has 1 heterocycles. The number of hydrogen-bond donors (Lipinski definition) is 1. The first-order valence-corrected chi connectivity index (χ1v) is 6.94. The van der Waals surface area contributed by atoms with Gasteiger partial charge in [0, 0.05) is 11.4 Å². The van der Waals surface area contributed by atoms with Crippen LogP contribution in [0.15, 0.2) is 5.38 Å². The summed E-state index contributed by atoms with van der Waals surface area (Å²) in [5.74, 6) is -0.251. The van der Waals surface area contributed by atoms with Gasteiger partial charge in [0.1, 0.15) is 0 Å². The molecule has 1 saturated carbocycles. The van der Waals surface area contributed by atoms with Gasteiger partial charge in [-0.1, -0.05) is 27.7 Å². The van der Waals surface area contributed by atoms with E-state index in [9.17, 15) is 4.79 Å². The minimum absolute atomic E-state index is 0.242. The van der Waals surface area contributed by atoms with Gasteiger partial charge in [-0.25, -0.2) is 4.98 Å². The molecule has 0 bridgehead atoms. The van der Waals surface area contributed by atoms with Gasteiger partial charge in [0.05, 0.1) is 19.2 Å². The number of anilines is 1. The molecule has 1 fully saturated rings. The van der Waals surface area contributed by atoms with Crippen molar-refractivity contribution in [1.29, 1.82) is 0 Å². The fourth-order valence-corrected chi connectivity index (χ4v) is 3.09. The van der Waals surface area contributed by atoms with Crippen LogP contribution in [0.1, 0.15) is 33.4 Å². The Morgan fingerprint density at radius 3 is 2.56 bits per heavy atom. The van der Waals surface area contributed by atoms with Crippen LogP contribution in [-0.4, -0.2) is 24.1 Å². The van der Waals surface area contributed by atoms with Crippen molar-refractivity contribution in [2.75, 3.05) is 12.4 Å². The number of thiazole rings is 1. The highest BCUT2D eigenvalue weighted by atomic mass is 32.1. The van der Waals surface area contributed by atoms with Crippen molar-refractivity contribution in [3.05, 3.63) is 11.1 Å². The standard InChI is InChI=1S/C13H20N2O2S/c1-12(2)10(13(12,3)4)15-11-14-8(7-18-11)6-9(16)17-5/h7,10H,6H2,1-5H3,(H,14,15). The minimum Gasteiger partial charge on any atom is -0.469 e. The zero-order valence-corrected chi connectivity index (χ0v) is 12.4. The molecule has 2 rings (SSSR count). The monoisotopic (exact) mass is 268 g/mol. The molecule has 1 aromatic rings. The molecule has 100 valence electrons. The zero-order valence-electron chi connectivity index (χ0n) is 11.5. The average molecular weight is 268 g/mol. The van der Waals surface area contributed by atoms with Crippen LogP contribution >= 0.6 is 11.3 Å². The normalized spacial score (nSPS) is 20.5. The van der Waals surface area contributed by atoms with Crippen molar-refractivity contribution < 1.29 is 9.53 Å². The number of methoxy groups -OCH3 is 1. The third kappa shape index (κ3) is 2.11. The van der Waals surface area contributed by atoms with E-state index in [0.717, 1.165) is 10.8 Å². The quantitative estimate of drug-likeness (QED) is 0.853. The number of carbonyl (C=O) groups excluding carboxylic acids is 1. The molecule has 1 N–H and O–H groups in total. The lowest BCUT2D eigenvalue weighted by molar-refractivity contribution is -0.139. The highest BCUT2D eigenvalue weighted by Gasteiger charge is 2.65. The van der Waals surface area contributed by atoms with Gasteiger partial charge in [0.15, 0.2) is 5.13 Å². The SMILES string of the molecule is COC(=O)Cc1csc(NC2C(C)(C)C2(C)C)n1. The van der Waals surface area contributed by atoms with Crippen molar-refractivity contribution in [3.8, 4) is 0 Å². The Kier molecular flexibility index (Phi) is 3.13. The van der Waals surface area contributed by atoms with Crippen molar-refractivity contribution in [3.63, 3.8) is 0 Å². The maximum atomic E-state index is 11.2. The Morgan fingerprint density at radius 2 is 2.06 bits per heavy atom. The number of carbonyl (C=O) groups is 1. The van der Waals surface area contributed by atoms with Crippen LogP contribution < -0.4 is 5.32 Å². The lowest BCUT2D eigenvalue weighted by Crippen LogP contribution is -2.10. The van der Waals surface area contributed by atoms with E-state index in [1.807, 2.05) is 5.38 Å². The highest BCUT2D eigenvalue weighted by Crippen LogP contribution is 2.63. The van der Waals surface area contributed by atoms with Crippen molar-refractivity contribution in [2.45, 2.75) is 40.2 Å². The largest absolute Gasteiger partial charge is 0.469 e. The number of nitrogens with one attached hydrogen (secondary N) is 1. The molecule has 0 aromatic carbocycles. The number of aromatic nitrogens is 1. The smallest absolute Gasteiger partial charge is 0.311 e. The predicted octanol–water partition coefficient (Wildman–Crippen LogP) is 2.71. The van der Waals surface area contributed by atoms with Gasteiger partial charge in [-0.15, -0.1) is 11.3 Å². The summed E-state index contributed by atoms with van der Waals surface area (Å²) in [6, 6.07) is 0.433. The summed E-state index contributed by atoms with van der Waals surface area (Å²) in [6.45, 7) is 9.03. The van der Waals surface area contributed by atoms with Crippen molar-refractivity contribution in [2.24, 2.45) is 10.8 Å². The van der Waals surface area contributed by atoms with E-state index in [0.29, 0.717) is 6.04 Å². The molecule has 1 aliphatic rings. The Balaban J connectivity index is 1.98. The second-order valence-electron chi connectivity index (χ2n) is 5.92. The fraction of sp³-hybridized carbons (Fsp3) is 0.692. The lowest BCUT2D eigenvalue weighted by atomic mass is 10.0. The van der Waals surface area contributed by atoms with E-state index in [2.05, 4.69) is 42.7 Å². The zero-order chi connectivity index (χ0) is 13.6. The molecule has 0 amide bonds. The number of rotatable bonds is 4. The summed E-state index contributed by atoms with van der Waals surface area (Å²) >= 11 is 1.54. The Bertz CT molecular complexity index is 451. The third-order valence-electron chi connectivity index (χ3n) is 4.39. The topological polar surface area (TPSA) is 51.2 Å². The lowest BCUT2D eigenvalue weighted by Gasteiger charge is -2.03. The summed E-state index contributed by atoms with van der Waals surface area (Å²) in [4.78, 5) is 15.6. The van der Waals surface area contributed by atoms with E-state index in [-0.39, 0.29) is 23.2 Å². The summed E-state index contributed by atoms with van der Waals surface area (Å²) < 4.78 is 4.63. The molecule has 0 aliphatic heterocycles. The molecular weight excluding hydrogens is 248 g/mol. The molecule has 1 aromatic heterocycles. The van der Waals surface area contributed by atoms with Gasteiger partial charge >= 0.3 is 5.97 Å². The van der Waals surface area contributed by atoms with Gasteiger partial charge in [0.25, 0.3) is 0 Å². The van der Waals surface area contributed by atoms with E-state index < -0.39 is 0 Å². The summed E-state index contributed by atoms with van der Waals surface area (Å²) in [7, 11) is 1.39. The Labute approximate surface area is 112 Å². The average Bonchev–Trinajstić information content (AvgIpc) is 2.67. The van der Waals surface area contributed by atoms with Crippen LogP contribution in [0.2, 0.25) is 0 Å². The first kappa shape index (κ1) is 13.3. The van der Waals surface area contributed by atoms with E-state index in [4.69, 9.17) is 0 Å². The Morgan fingerprint density at radius 1 is 1.44 bits per heavy atom. The van der Waals surface area contributed by atoms with Gasteiger partial charge < -0.3 is 10.1 Å². The molecular formula is C13H20N2O2S. The molecule has 18 heavy (non-hydrogen) atoms. The molecule has 4 nitrogen and oxygen atoms in total.